The monoisotopic (exact) mass is 176 g/mol. The molecule has 2 aliphatic rings. The first-order chi connectivity index (χ1) is 3.90. The fourth-order valence-corrected chi connectivity index (χ4v) is 2.00. The number of fused-ring (bicyclic) bond motifs is 1. The number of ether oxygens (including phenoxy) is 1. The van der Waals surface area contributed by atoms with Gasteiger partial charge in [0.05, 0.1) is 12.2 Å². The maximum Gasteiger partial charge on any atom is 0.0845 e. The number of rotatable bonds is 1. The van der Waals surface area contributed by atoms with Crippen LogP contribution >= 0.6 is 15.9 Å². The molecule has 1 nitrogen and oxygen atoms in total. The fraction of sp³-hybridized carbons (Fsp3) is 1.00. The first-order valence-electron chi connectivity index (χ1n) is 3.11. The van der Waals surface area contributed by atoms with Crippen molar-refractivity contribution >= 4 is 15.9 Å². The van der Waals surface area contributed by atoms with Gasteiger partial charge in [-0.05, 0) is 18.8 Å². The van der Waals surface area contributed by atoms with Crippen molar-refractivity contribution in [1.29, 1.82) is 0 Å². The van der Waals surface area contributed by atoms with Crippen LogP contribution in [0.4, 0.5) is 0 Å². The molecule has 8 heavy (non-hydrogen) atoms. The summed E-state index contributed by atoms with van der Waals surface area (Å²) in [5.41, 5.74) is 0. The highest BCUT2D eigenvalue weighted by atomic mass is 79.9. The molecule has 0 bridgehead atoms. The number of hydrogen-bond donors (Lipinski definition) is 0. The highest BCUT2D eigenvalue weighted by Gasteiger charge is 2.47. The molecule has 46 valence electrons. The van der Waals surface area contributed by atoms with Crippen LogP contribution in [0.5, 0.6) is 0 Å². The van der Waals surface area contributed by atoms with Gasteiger partial charge in [-0.1, -0.05) is 15.9 Å². The van der Waals surface area contributed by atoms with Crippen molar-refractivity contribution in [2.45, 2.75) is 25.0 Å². The lowest BCUT2D eigenvalue weighted by molar-refractivity contribution is 0.286. The van der Waals surface area contributed by atoms with Gasteiger partial charge in [0.1, 0.15) is 0 Å². The molecule has 1 saturated heterocycles. The van der Waals surface area contributed by atoms with Crippen LogP contribution in [0.25, 0.3) is 0 Å². The molecule has 1 heterocycles. The smallest absolute Gasteiger partial charge is 0.0845 e. The zero-order valence-corrected chi connectivity index (χ0v) is 6.23. The van der Waals surface area contributed by atoms with Gasteiger partial charge in [-0.15, -0.1) is 0 Å². The quantitative estimate of drug-likeness (QED) is 0.437. The van der Waals surface area contributed by atoms with Crippen molar-refractivity contribution in [3.63, 3.8) is 0 Å². The second-order valence-corrected chi connectivity index (χ2v) is 3.35. The average Bonchev–Trinajstić information content (AvgIpc) is 2.40. The second-order valence-electron chi connectivity index (χ2n) is 2.70. The van der Waals surface area contributed by atoms with E-state index in [1.165, 1.54) is 18.2 Å². The summed E-state index contributed by atoms with van der Waals surface area (Å²) in [6.07, 6.45) is 3.93. The van der Waals surface area contributed by atoms with Crippen LogP contribution in [-0.4, -0.2) is 17.5 Å². The third kappa shape index (κ3) is 0.705. The lowest BCUT2D eigenvalue weighted by Crippen LogP contribution is -1.98. The van der Waals surface area contributed by atoms with Crippen LogP contribution < -0.4 is 0 Å². The zero-order valence-electron chi connectivity index (χ0n) is 4.64. The normalized spacial score (nSPS) is 44.6. The Labute approximate surface area is 57.5 Å². The molecule has 0 amide bonds. The van der Waals surface area contributed by atoms with Crippen molar-refractivity contribution < 1.29 is 4.74 Å². The highest BCUT2D eigenvalue weighted by Crippen LogP contribution is 2.42. The lowest BCUT2D eigenvalue weighted by Gasteiger charge is -2.03. The molecule has 0 N–H and O–H groups in total. The highest BCUT2D eigenvalue weighted by molar-refractivity contribution is 9.09. The molecule has 0 aromatic rings. The summed E-state index contributed by atoms with van der Waals surface area (Å²) in [5, 5.41) is 1.17. The van der Waals surface area contributed by atoms with Gasteiger partial charge in [0, 0.05) is 5.33 Å². The van der Waals surface area contributed by atoms with Crippen molar-refractivity contribution in [3.8, 4) is 0 Å². The molecule has 2 atom stereocenters. The third-order valence-electron chi connectivity index (χ3n) is 2.04. The summed E-state index contributed by atoms with van der Waals surface area (Å²) in [5.74, 6) is 0.916. The molecule has 0 spiro atoms. The standard InChI is InChI=1S/C6H9BrO/c7-3-4-1-5-6(2-4)8-5/h4-6H,1-3H2/t5-,6-/m1/s1. The summed E-state index contributed by atoms with van der Waals surface area (Å²) >= 11 is 3.47. The van der Waals surface area contributed by atoms with Crippen LogP contribution in [0.15, 0.2) is 0 Å². The Balaban J connectivity index is 1.89. The minimum absolute atomic E-state index is 0.664. The molecule has 0 radical (unpaired) electrons. The molecule has 1 saturated carbocycles. The summed E-state index contributed by atoms with van der Waals surface area (Å²) in [6, 6.07) is 0. The van der Waals surface area contributed by atoms with E-state index in [2.05, 4.69) is 15.9 Å². The van der Waals surface area contributed by atoms with E-state index >= 15 is 0 Å². The Morgan fingerprint density at radius 2 is 2.00 bits per heavy atom. The lowest BCUT2D eigenvalue weighted by atomic mass is 10.1. The van der Waals surface area contributed by atoms with Crippen molar-refractivity contribution in [2.24, 2.45) is 5.92 Å². The van der Waals surface area contributed by atoms with E-state index in [1.54, 1.807) is 0 Å². The van der Waals surface area contributed by atoms with Gasteiger partial charge in [0.2, 0.25) is 0 Å². The van der Waals surface area contributed by atoms with E-state index in [1.807, 2.05) is 0 Å². The molecular formula is C6H9BrO. The topological polar surface area (TPSA) is 12.5 Å². The molecule has 0 unspecified atom stereocenters. The van der Waals surface area contributed by atoms with Crippen LogP contribution in [0.3, 0.4) is 0 Å². The molecular weight excluding hydrogens is 168 g/mol. The molecule has 2 fully saturated rings. The summed E-state index contributed by atoms with van der Waals surface area (Å²) in [4.78, 5) is 0. The zero-order chi connectivity index (χ0) is 5.56. The second kappa shape index (κ2) is 1.71. The minimum Gasteiger partial charge on any atom is -0.370 e. The Morgan fingerprint density at radius 3 is 2.38 bits per heavy atom. The van der Waals surface area contributed by atoms with E-state index in [4.69, 9.17) is 4.74 Å². The number of alkyl halides is 1. The number of hydrogen-bond acceptors (Lipinski definition) is 1. The molecule has 2 rings (SSSR count). The fourth-order valence-electron chi connectivity index (χ4n) is 1.47. The summed E-state index contributed by atoms with van der Waals surface area (Å²) in [6.45, 7) is 0. The molecule has 0 aromatic carbocycles. The van der Waals surface area contributed by atoms with E-state index in [9.17, 15) is 0 Å². The predicted octanol–water partition coefficient (Wildman–Crippen LogP) is 1.56. The maximum atomic E-state index is 5.26. The van der Waals surface area contributed by atoms with Gasteiger partial charge in [-0.25, -0.2) is 0 Å². The largest absolute Gasteiger partial charge is 0.370 e. The summed E-state index contributed by atoms with van der Waals surface area (Å²) < 4.78 is 5.26. The third-order valence-corrected chi connectivity index (χ3v) is 2.95. The Hall–Kier alpha value is 0.440. The van der Waals surface area contributed by atoms with E-state index in [0.717, 1.165) is 5.92 Å². The number of epoxide rings is 1. The van der Waals surface area contributed by atoms with Gasteiger partial charge >= 0.3 is 0 Å². The van der Waals surface area contributed by atoms with Crippen LogP contribution in [0.2, 0.25) is 0 Å². The Kier molecular flexibility index (Phi) is 1.12. The molecule has 2 heteroatoms. The van der Waals surface area contributed by atoms with Gasteiger partial charge in [-0.2, -0.15) is 0 Å². The maximum absolute atomic E-state index is 5.26. The van der Waals surface area contributed by atoms with E-state index < -0.39 is 0 Å². The van der Waals surface area contributed by atoms with Crippen LogP contribution in [0.1, 0.15) is 12.8 Å². The Bertz CT molecular complexity index is 94.7. The predicted molar refractivity (Wildman–Crippen MR) is 35.2 cm³/mol. The van der Waals surface area contributed by atoms with Crippen molar-refractivity contribution in [3.05, 3.63) is 0 Å². The van der Waals surface area contributed by atoms with Crippen molar-refractivity contribution in [1.82, 2.24) is 0 Å². The number of halogens is 1. The van der Waals surface area contributed by atoms with Crippen LogP contribution in [-0.2, 0) is 4.74 Å². The van der Waals surface area contributed by atoms with E-state index in [0.29, 0.717) is 12.2 Å². The molecule has 1 aliphatic carbocycles. The average molecular weight is 177 g/mol. The minimum atomic E-state index is 0.664. The van der Waals surface area contributed by atoms with Gasteiger partial charge < -0.3 is 4.74 Å². The first kappa shape index (κ1) is 5.24. The molecule has 1 aliphatic heterocycles. The first-order valence-corrected chi connectivity index (χ1v) is 4.23. The van der Waals surface area contributed by atoms with Gasteiger partial charge in [0.25, 0.3) is 0 Å². The van der Waals surface area contributed by atoms with Crippen LogP contribution in [0, 0.1) is 5.92 Å². The van der Waals surface area contributed by atoms with E-state index in [-0.39, 0.29) is 0 Å². The van der Waals surface area contributed by atoms with Gasteiger partial charge in [-0.3, -0.25) is 0 Å². The van der Waals surface area contributed by atoms with Crippen molar-refractivity contribution in [2.75, 3.05) is 5.33 Å². The molecule has 0 aromatic heterocycles. The summed E-state index contributed by atoms with van der Waals surface area (Å²) in [7, 11) is 0. The SMILES string of the molecule is BrCC1C[C@H]2O[C@@H]2C1. The van der Waals surface area contributed by atoms with Gasteiger partial charge in [0.15, 0.2) is 0 Å². The Morgan fingerprint density at radius 1 is 1.38 bits per heavy atom.